The highest BCUT2D eigenvalue weighted by molar-refractivity contribution is 9.10. The Morgan fingerprint density at radius 1 is 1.37 bits per heavy atom. The minimum Gasteiger partial charge on any atom is -0.397 e. The molecule has 0 aliphatic carbocycles. The molecule has 0 atom stereocenters. The summed E-state index contributed by atoms with van der Waals surface area (Å²) in [5, 5.41) is 2.58. The molecule has 1 heterocycles. The number of nitrogen functional groups attached to an aromatic ring is 1. The van der Waals surface area contributed by atoms with Gasteiger partial charge in [0, 0.05) is 4.47 Å². The molecule has 3 N–H and O–H groups in total. The van der Waals surface area contributed by atoms with Crippen LogP contribution in [0.1, 0.15) is 5.56 Å². The number of carbonyl (C=O) groups is 1. The second kappa shape index (κ2) is 5.79. The molecule has 2 aromatic rings. The monoisotopic (exact) mass is 323 g/mol. The summed E-state index contributed by atoms with van der Waals surface area (Å²) in [6.45, 7) is 0. The molecule has 0 spiro atoms. The number of rotatable bonds is 3. The van der Waals surface area contributed by atoms with Crippen LogP contribution in [-0.2, 0) is 11.2 Å². The number of aromatic nitrogens is 1. The van der Waals surface area contributed by atoms with Crippen LogP contribution in [0, 0.1) is 5.82 Å². The number of pyridine rings is 1. The fourth-order valence-corrected chi connectivity index (χ4v) is 1.93. The van der Waals surface area contributed by atoms with Gasteiger partial charge in [-0.3, -0.25) is 4.79 Å². The van der Waals surface area contributed by atoms with Crippen molar-refractivity contribution >= 4 is 33.3 Å². The zero-order chi connectivity index (χ0) is 13.8. The Balaban J connectivity index is 2.05. The van der Waals surface area contributed by atoms with Crippen molar-refractivity contribution in [1.29, 1.82) is 0 Å². The summed E-state index contributed by atoms with van der Waals surface area (Å²) in [5.74, 6) is -0.368. The van der Waals surface area contributed by atoms with Gasteiger partial charge in [0.1, 0.15) is 11.6 Å². The van der Waals surface area contributed by atoms with Gasteiger partial charge in [-0.15, -0.1) is 0 Å². The van der Waals surface area contributed by atoms with Crippen molar-refractivity contribution in [1.82, 2.24) is 4.98 Å². The molecule has 0 fully saturated rings. The van der Waals surface area contributed by atoms with Crippen molar-refractivity contribution in [3.05, 3.63) is 52.4 Å². The summed E-state index contributed by atoms with van der Waals surface area (Å²) in [5.41, 5.74) is 6.32. The standard InChI is InChI=1S/C13H11BrFN3O/c14-9-1-3-11(15)8(5-9)6-13(19)18-12-4-2-10(16)7-17-12/h1-5,7H,6,16H2,(H,17,18,19). The Hall–Kier alpha value is -1.95. The number of halogens is 2. The van der Waals surface area contributed by atoms with E-state index in [0.717, 1.165) is 4.47 Å². The second-order valence-corrected chi connectivity index (χ2v) is 4.85. The summed E-state index contributed by atoms with van der Waals surface area (Å²) >= 11 is 3.24. The number of hydrogen-bond donors (Lipinski definition) is 2. The Morgan fingerprint density at radius 3 is 2.84 bits per heavy atom. The van der Waals surface area contributed by atoms with Crippen LogP contribution < -0.4 is 11.1 Å². The van der Waals surface area contributed by atoms with E-state index in [9.17, 15) is 9.18 Å². The van der Waals surface area contributed by atoms with Gasteiger partial charge in [-0.2, -0.15) is 0 Å². The normalized spacial score (nSPS) is 10.2. The largest absolute Gasteiger partial charge is 0.397 e. The van der Waals surface area contributed by atoms with E-state index in [1.165, 1.54) is 12.3 Å². The fraction of sp³-hybridized carbons (Fsp3) is 0.0769. The van der Waals surface area contributed by atoms with Crippen LogP contribution in [-0.4, -0.2) is 10.9 Å². The molecule has 0 aliphatic heterocycles. The number of anilines is 2. The molecular formula is C13H11BrFN3O. The third kappa shape index (κ3) is 3.75. The first-order valence-corrected chi connectivity index (χ1v) is 6.29. The molecule has 0 radical (unpaired) electrons. The summed E-state index contributed by atoms with van der Waals surface area (Å²) in [6.07, 6.45) is 1.38. The van der Waals surface area contributed by atoms with E-state index in [-0.39, 0.29) is 12.3 Å². The molecule has 98 valence electrons. The molecule has 0 aliphatic rings. The van der Waals surface area contributed by atoms with Crippen molar-refractivity contribution in [3.8, 4) is 0 Å². The zero-order valence-corrected chi connectivity index (χ0v) is 11.4. The number of amides is 1. The number of nitrogens with one attached hydrogen (secondary N) is 1. The maximum atomic E-state index is 13.5. The Morgan fingerprint density at radius 2 is 2.16 bits per heavy atom. The number of benzene rings is 1. The molecule has 19 heavy (non-hydrogen) atoms. The van der Waals surface area contributed by atoms with Crippen molar-refractivity contribution in [2.75, 3.05) is 11.1 Å². The van der Waals surface area contributed by atoms with Gasteiger partial charge in [0.25, 0.3) is 0 Å². The highest BCUT2D eigenvalue weighted by Gasteiger charge is 2.09. The fourth-order valence-electron chi connectivity index (χ4n) is 1.52. The average molecular weight is 324 g/mol. The van der Waals surface area contributed by atoms with Gasteiger partial charge in [0.15, 0.2) is 0 Å². The van der Waals surface area contributed by atoms with Gasteiger partial charge >= 0.3 is 0 Å². The molecule has 0 saturated heterocycles. The molecule has 0 bridgehead atoms. The lowest BCUT2D eigenvalue weighted by atomic mass is 10.1. The number of carbonyl (C=O) groups excluding carboxylic acids is 1. The lowest BCUT2D eigenvalue weighted by Crippen LogP contribution is -2.16. The molecule has 6 heteroatoms. The van der Waals surface area contributed by atoms with Crippen LogP contribution in [0.3, 0.4) is 0 Å². The predicted molar refractivity (Wildman–Crippen MR) is 75.1 cm³/mol. The van der Waals surface area contributed by atoms with Crippen LogP contribution in [0.15, 0.2) is 41.0 Å². The first-order chi connectivity index (χ1) is 9.04. The number of nitrogens with zero attached hydrogens (tertiary/aromatic N) is 1. The molecule has 1 aromatic heterocycles. The molecule has 4 nitrogen and oxygen atoms in total. The highest BCUT2D eigenvalue weighted by atomic mass is 79.9. The Bertz CT molecular complexity index is 601. The Kier molecular flexibility index (Phi) is 4.11. The molecule has 0 unspecified atom stereocenters. The molecule has 1 aromatic carbocycles. The van der Waals surface area contributed by atoms with E-state index >= 15 is 0 Å². The van der Waals surface area contributed by atoms with E-state index in [2.05, 4.69) is 26.2 Å². The van der Waals surface area contributed by atoms with Gasteiger partial charge in [0.05, 0.1) is 18.3 Å². The maximum absolute atomic E-state index is 13.5. The van der Waals surface area contributed by atoms with E-state index in [1.807, 2.05) is 0 Å². The lowest BCUT2D eigenvalue weighted by Gasteiger charge is -2.06. The van der Waals surface area contributed by atoms with Gasteiger partial charge < -0.3 is 11.1 Å². The summed E-state index contributed by atoms with van der Waals surface area (Å²) in [6, 6.07) is 7.69. The van der Waals surface area contributed by atoms with E-state index in [1.54, 1.807) is 24.3 Å². The smallest absolute Gasteiger partial charge is 0.230 e. The third-order valence-electron chi connectivity index (χ3n) is 2.41. The van der Waals surface area contributed by atoms with Gasteiger partial charge in [-0.1, -0.05) is 15.9 Å². The molecule has 0 saturated carbocycles. The van der Waals surface area contributed by atoms with Crippen molar-refractivity contribution in [3.63, 3.8) is 0 Å². The predicted octanol–water partition coefficient (Wildman–Crippen LogP) is 2.75. The van der Waals surface area contributed by atoms with Crippen LogP contribution in [0.2, 0.25) is 0 Å². The molecule has 2 rings (SSSR count). The second-order valence-electron chi connectivity index (χ2n) is 3.94. The van der Waals surface area contributed by atoms with Crippen LogP contribution >= 0.6 is 15.9 Å². The highest BCUT2D eigenvalue weighted by Crippen LogP contribution is 2.16. The van der Waals surface area contributed by atoms with Gasteiger partial charge in [-0.05, 0) is 35.9 Å². The minimum atomic E-state index is -0.413. The quantitative estimate of drug-likeness (QED) is 0.912. The van der Waals surface area contributed by atoms with Crippen molar-refractivity contribution in [2.24, 2.45) is 0 Å². The van der Waals surface area contributed by atoms with E-state index in [0.29, 0.717) is 17.1 Å². The maximum Gasteiger partial charge on any atom is 0.230 e. The van der Waals surface area contributed by atoms with Gasteiger partial charge in [0.2, 0.25) is 5.91 Å². The summed E-state index contributed by atoms with van der Waals surface area (Å²) < 4.78 is 14.2. The SMILES string of the molecule is Nc1ccc(NC(=O)Cc2cc(Br)ccc2F)nc1. The first-order valence-electron chi connectivity index (χ1n) is 5.50. The van der Waals surface area contributed by atoms with E-state index < -0.39 is 5.82 Å². The van der Waals surface area contributed by atoms with Crippen LogP contribution in [0.4, 0.5) is 15.9 Å². The van der Waals surface area contributed by atoms with E-state index in [4.69, 9.17) is 5.73 Å². The van der Waals surface area contributed by atoms with Gasteiger partial charge in [-0.25, -0.2) is 9.37 Å². The average Bonchev–Trinajstić information content (AvgIpc) is 2.37. The van der Waals surface area contributed by atoms with Crippen LogP contribution in [0.5, 0.6) is 0 Å². The van der Waals surface area contributed by atoms with Crippen molar-refractivity contribution < 1.29 is 9.18 Å². The number of nitrogens with two attached hydrogens (primary N) is 1. The zero-order valence-electron chi connectivity index (χ0n) is 9.86. The number of hydrogen-bond acceptors (Lipinski definition) is 3. The summed E-state index contributed by atoms with van der Waals surface area (Å²) in [7, 11) is 0. The lowest BCUT2D eigenvalue weighted by molar-refractivity contribution is -0.115. The minimum absolute atomic E-state index is 0.0582. The first kappa shape index (κ1) is 13.5. The molecule has 1 amide bonds. The summed E-state index contributed by atoms with van der Waals surface area (Å²) in [4.78, 5) is 15.7. The third-order valence-corrected chi connectivity index (χ3v) is 2.91. The Labute approximate surface area is 118 Å². The van der Waals surface area contributed by atoms with Crippen molar-refractivity contribution in [2.45, 2.75) is 6.42 Å². The topological polar surface area (TPSA) is 68.0 Å². The van der Waals surface area contributed by atoms with Crippen LogP contribution in [0.25, 0.3) is 0 Å². The molecular weight excluding hydrogens is 313 g/mol.